The molecule has 0 aliphatic heterocycles. The molecule has 2 heterocycles. The number of nitrogens with one attached hydrogen (secondary N) is 1. The van der Waals surface area contributed by atoms with Crippen molar-refractivity contribution in [2.45, 2.75) is 4.90 Å². The predicted molar refractivity (Wildman–Crippen MR) is 101 cm³/mol. The van der Waals surface area contributed by atoms with Crippen LogP contribution in [-0.4, -0.2) is 28.2 Å². The number of sulfonamides is 1. The van der Waals surface area contributed by atoms with Crippen molar-refractivity contribution in [2.24, 2.45) is 0 Å². The summed E-state index contributed by atoms with van der Waals surface area (Å²) in [5.74, 6) is 0. The number of halogens is 1. The highest BCUT2D eigenvalue weighted by atomic mass is 79.9. The van der Waals surface area contributed by atoms with Crippen molar-refractivity contribution >= 4 is 37.3 Å². The van der Waals surface area contributed by atoms with Gasteiger partial charge in [0.05, 0.1) is 10.6 Å². The highest BCUT2D eigenvalue weighted by molar-refractivity contribution is 9.10. The summed E-state index contributed by atoms with van der Waals surface area (Å²) >= 11 is 3.30. The standard InChI is InChI=1S/C17H12BrN5O2S/c18-13-4-6-15(7-5-13)26(24,25)22-14-3-1-2-12(10-14)16-8-9-17-20-19-11-23(17)21-16/h1-11,22H. The molecule has 2 aromatic carbocycles. The van der Waals surface area contributed by atoms with E-state index in [0.717, 1.165) is 10.0 Å². The van der Waals surface area contributed by atoms with Gasteiger partial charge in [0, 0.05) is 15.7 Å². The van der Waals surface area contributed by atoms with Gasteiger partial charge >= 0.3 is 0 Å². The molecule has 9 heteroatoms. The van der Waals surface area contributed by atoms with E-state index < -0.39 is 10.0 Å². The van der Waals surface area contributed by atoms with Crippen molar-refractivity contribution in [3.63, 3.8) is 0 Å². The molecule has 0 amide bonds. The number of rotatable bonds is 4. The summed E-state index contributed by atoms with van der Waals surface area (Å²) in [4.78, 5) is 0.190. The number of hydrogen-bond acceptors (Lipinski definition) is 5. The molecular formula is C17H12BrN5O2S. The molecule has 0 saturated heterocycles. The summed E-state index contributed by atoms with van der Waals surface area (Å²) in [6, 6.07) is 17.1. The van der Waals surface area contributed by atoms with Crippen LogP contribution in [0.1, 0.15) is 0 Å². The summed E-state index contributed by atoms with van der Waals surface area (Å²) < 4.78 is 30.0. The minimum atomic E-state index is -3.67. The van der Waals surface area contributed by atoms with Crippen molar-refractivity contribution in [1.29, 1.82) is 0 Å². The second kappa shape index (κ2) is 6.50. The number of aromatic nitrogens is 4. The Morgan fingerprint density at radius 2 is 1.81 bits per heavy atom. The minimum absolute atomic E-state index is 0.190. The van der Waals surface area contributed by atoms with Crippen LogP contribution in [0.15, 0.2) is 76.4 Å². The maximum atomic E-state index is 12.5. The molecule has 0 saturated carbocycles. The Balaban J connectivity index is 1.66. The summed E-state index contributed by atoms with van der Waals surface area (Å²) in [5, 5.41) is 12.1. The lowest BCUT2D eigenvalue weighted by molar-refractivity contribution is 0.601. The molecule has 0 bridgehead atoms. The Hall–Kier alpha value is -2.78. The van der Waals surface area contributed by atoms with Crippen LogP contribution in [-0.2, 0) is 10.0 Å². The summed E-state index contributed by atoms with van der Waals surface area (Å²) in [5.41, 5.74) is 2.55. The number of anilines is 1. The van der Waals surface area contributed by atoms with E-state index >= 15 is 0 Å². The Kier molecular flexibility index (Phi) is 4.17. The van der Waals surface area contributed by atoms with Gasteiger partial charge in [-0.3, -0.25) is 4.72 Å². The fourth-order valence-electron chi connectivity index (χ4n) is 2.45. The van der Waals surface area contributed by atoms with Gasteiger partial charge < -0.3 is 0 Å². The molecule has 2 aromatic heterocycles. The number of hydrogen-bond donors (Lipinski definition) is 1. The van der Waals surface area contributed by atoms with Gasteiger partial charge in [0.2, 0.25) is 0 Å². The zero-order valence-corrected chi connectivity index (χ0v) is 15.6. The molecule has 26 heavy (non-hydrogen) atoms. The Morgan fingerprint density at radius 3 is 2.62 bits per heavy atom. The van der Waals surface area contributed by atoms with E-state index in [2.05, 4.69) is 35.9 Å². The average molecular weight is 430 g/mol. The Labute approximate surface area is 157 Å². The van der Waals surface area contributed by atoms with E-state index in [1.807, 2.05) is 12.1 Å². The van der Waals surface area contributed by atoms with Gasteiger partial charge in [-0.2, -0.15) is 9.61 Å². The SMILES string of the molecule is O=S(=O)(Nc1cccc(-c2ccc3nncn3n2)c1)c1ccc(Br)cc1. The second-order valence-corrected chi connectivity index (χ2v) is 8.09. The van der Waals surface area contributed by atoms with Crippen molar-refractivity contribution in [3.05, 3.63) is 71.5 Å². The molecule has 0 spiro atoms. The quantitative estimate of drug-likeness (QED) is 0.537. The lowest BCUT2D eigenvalue weighted by atomic mass is 10.1. The van der Waals surface area contributed by atoms with Crippen LogP contribution < -0.4 is 4.72 Å². The Morgan fingerprint density at radius 1 is 1.00 bits per heavy atom. The first-order chi connectivity index (χ1) is 12.5. The zero-order chi connectivity index (χ0) is 18.1. The van der Waals surface area contributed by atoms with Gasteiger partial charge in [-0.1, -0.05) is 28.1 Å². The smallest absolute Gasteiger partial charge is 0.261 e. The van der Waals surface area contributed by atoms with Gasteiger partial charge in [-0.15, -0.1) is 10.2 Å². The zero-order valence-electron chi connectivity index (χ0n) is 13.2. The van der Waals surface area contributed by atoms with E-state index in [1.54, 1.807) is 40.9 Å². The van der Waals surface area contributed by atoms with E-state index in [9.17, 15) is 8.42 Å². The third kappa shape index (κ3) is 3.31. The summed E-state index contributed by atoms with van der Waals surface area (Å²) in [6.07, 6.45) is 1.51. The largest absolute Gasteiger partial charge is 0.280 e. The van der Waals surface area contributed by atoms with Crippen molar-refractivity contribution in [1.82, 2.24) is 19.8 Å². The van der Waals surface area contributed by atoms with Crippen LogP contribution in [0.2, 0.25) is 0 Å². The number of benzene rings is 2. The molecule has 0 unspecified atom stereocenters. The monoisotopic (exact) mass is 429 g/mol. The van der Waals surface area contributed by atoms with E-state index in [-0.39, 0.29) is 4.90 Å². The molecule has 7 nitrogen and oxygen atoms in total. The molecule has 0 atom stereocenters. The molecule has 4 aromatic rings. The molecule has 4 rings (SSSR count). The minimum Gasteiger partial charge on any atom is -0.280 e. The first kappa shape index (κ1) is 16.7. The number of fused-ring (bicyclic) bond motifs is 1. The maximum Gasteiger partial charge on any atom is 0.261 e. The number of nitrogens with zero attached hydrogens (tertiary/aromatic N) is 4. The van der Waals surface area contributed by atoms with Crippen LogP contribution in [0.3, 0.4) is 0 Å². The van der Waals surface area contributed by atoms with E-state index in [4.69, 9.17) is 0 Å². The Bertz CT molecular complexity index is 1190. The van der Waals surface area contributed by atoms with Crippen LogP contribution in [0.4, 0.5) is 5.69 Å². The summed E-state index contributed by atoms with van der Waals surface area (Å²) in [6.45, 7) is 0. The fraction of sp³-hybridized carbons (Fsp3) is 0. The van der Waals surface area contributed by atoms with Crippen molar-refractivity contribution < 1.29 is 8.42 Å². The van der Waals surface area contributed by atoms with Crippen LogP contribution in [0.25, 0.3) is 16.9 Å². The topological polar surface area (TPSA) is 89.2 Å². The van der Waals surface area contributed by atoms with Gasteiger partial charge in [0.25, 0.3) is 10.0 Å². The molecule has 130 valence electrons. The molecular weight excluding hydrogens is 418 g/mol. The van der Waals surface area contributed by atoms with Gasteiger partial charge in [-0.25, -0.2) is 8.42 Å². The summed E-state index contributed by atoms with van der Waals surface area (Å²) in [7, 11) is -3.67. The third-order valence-corrected chi connectivity index (χ3v) is 5.62. The molecule has 1 N–H and O–H groups in total. The molecule has 0 aliphatic rings. The van der Waals surface area contributed by atoms with Crippen LogP contribution in [0.5, 0.6) is 0 Å². The van der Waals surface area contributed by atoms with Gasteiger partial charge in [-0.05, 0) is 48.5 Å². The first-order valence-electron chi connectivity index (χ1n) is 7.57. The normalized spacial score (nSPS) is 11.6. The lowest BCUT2D eigenvalue weighted by Crippen LogP contribution is -2.12. The lowest BCUT2D eigenvalue weighted by Gasteiger charge is -2.10. The average Bonchev–Trinajstić information content (AvgIpc) is 3.09. The fourth-order valence-corrected chi connectivity index (χ4v) is 3.77. The highest BCUT2D eigenvalue weighted by Gasteiger charge is 2.14. The second-order valence-electron chi connectivity index (χ2n) is 5.49. The van der Waals surface area contributed by atoms with Crippen LogP contribution in [0, 0.1) is 0 Å². The molecule has 0 aliphatic carbocycles. The van der Waals surface area contributed by atoms with Crippen molar-refractivity contribution in [3.8, 4) is 11.3 Å². The predicted octanol–water partition coefficient (Wildman–Crippen LogP) is 3.35. The maximum absolute atomic E-state index is 12.5. The van der Waals surface area contributed by atoms with E-state index in [0.29, 0.717) is 17.0 Å². The van der Waals surface area contributed by atoms with Gasteiger partial charge in [0.15, 0.2) is 5.65 Å². The molecule has 0 fully saturated rings. The first-order valence-corrected chi connectivity index (χ1v) is 9.85. The van der Waals surface area contributed by atoms with E-state index in [1.165, 1.54) is 18.5 Å². The van der Waals surface area contributed by atoms with Crippen LogP contribution >= 0.6 is 15.9 Å². The van der Waals surface area contributed by atoms with Gasteiger partial charge in [0.1, 0.15) is 6.33 Å². The highest BCUT2D eigenvalue weighted by Crippen LogP contribution is 2.23. The molecule has 0 radical (unpaired) electrons. The third-order valence-electron chi connectivity index (χ3n) is 3.70. The van der Waals surface area contributed by atoms with Crippen molar-refractivity contribution in [2.75, 3.05) is 4.72 Å².